The lowest BCUT2D eigenvalue weighted by molar-refractivity contribution is -0.212. The number of nitrogens with one attached hydrogen (secondary N) is 1. The molecule has 0 saturated carbocycles. The molecule has 0 spiro atoms. The molecule has 15 heteroatoms. The van der Waals surface area contributed by atoms with Gasteiger partial charge in [-0.25, -0.2) is 27.7 Å². The van der Waals surface area contributed by atoms with E-state index in [0.717, 1.165) is 12.0 Å². The summed E-state index contributed by atoms with van der Waals surface area (Å²) in [5, 5.41) is 17.0. The predicted octanol–water partition coefficient (Wildman–Crippen LogP) is 2.91. The van der Waals surface area contributed by atoms with Crippen molar-refractivity contribution in [3.63, 3.8) is 0 Å². The number of aliphatic imine (C=N–C) groups is 1. The second-order valence-electron chi connectivity index (χ2n) is 11.1. The number of nitrogens with zero attached hydrogens (tertiary/aromatic N) is 4. The molecular formula is C30H34F3N5O6S. The van der Waals surface area contributed by atoms with Crippen LogP contribution in [0.15, 0.2) is 58.7 Å². The molecule has 3 aliphatic heterocycles. The number of esters is 2. The molecule has 4 heterocycles. The van der Waals surface area contributed by atoms with E-state index in [1.807, 2.05) is 0 Å². The highest BCUT2D eigenvalue weighted by molar-refractivity contribution is 7.11. The Morgan fingerprint density at radius 3 is 2.82 bits per heavy atom. The summed E-state index contributed by atoms with van der Waals surface area (Å²) in [5.41, 5.74) is -1.14. The highest BCUT2D eigenvalue weighted by Gasteiger charge is 2.62. The second-order valence-corrected chi connectivity index (χ2v) is 12.0. The first-order valence-electron chi connectivity index (χ1n) is 14.3. The molecular weight excluding hydrogens is 615 g/mol. The van der Waals surface area contributed by atoms with E-state index in [-0.39, 0.29) is 43.2 Å². The van der Waals surface area contributed by atoms with Crippen LogP contribution in [0, 0.1) is 12.7 Å². The van der Waals surface area contributed by atoms with E-state index in [1.165, 1.54) is 34.4 Å². The second kappa shape index (κ2) is 13.0. The molecule has 1 aromatic carbocycles. The number of halogens is 3. The van der Waals surface area contributed by atoms with Crippen LogP contribution in [-0.4, -0.2) is 101 Å². The maximum absolute atomic E-state index is 15.7. The number of hydroxylamine groups is 2. The van der Waals surface area contributed by atoms with E-state index in [2.05, 4.69) is 16.9 Å². The Kier molecular flexibility index (Phi) is 9.46. The van der Waals surface area contributed by atoms with Crippen molar-refractivity contribution in [3.05, 3.63) is 75.7 Å². The van der Waals surface area contributed by atoms with Gasteiger partial charge in [-0.2, -0.15) is 5.06 Å². The Bertz CT molecular complexity index is 1520. The molecule has 0 bridgehead atoms. The highest BCUT2D eigenvalue weighted by atomic mass is 32.1. The summed E-state index contributed by atoms with van der Waals surface area (Å²) in [5.74, 6) is -5.25. The van der Waals surface area contributed by atoms with Gasteiger partial charge in [-0.05, 0) is 38.0 Å². The van der Waals surface area contributed by atoms with Crippen LogP contribution in [0.25, 0.3) is 0 Å². The quantitative estimate of drug-likeness (QED) is 0.277. The Morgan fingerprint density at radius 1 is 1.36 bits per heavy atom. The van der Waals surface area contributed by atoms with E-state index < -0.39 is 60.5 Å². The third kappa shape index (κ3) is 6.53. The van der Waals surface area contributed by atoms with Crippen LogP contribution in [0.4, 0.5) is 13.2 Å². The number of rotatable bonds is 11. The Hall–Kier alpha value is -3.63. The standard InChI is InChI=1S/C30H34F3N5O6S/c1-5-11-43-28(40)29(4,41)15-38-24-21(14-44-38)37(16-30(24,32)33)13-20-22(27(39)42-6-2)23(18-8-7-9-19(31)17(18)3)36-25(35-20)26-34-10-12-45-26/h5,7-10,12,21,23-24,41H,1,6,11,13-16H2,2-4H3,(H,35,36)/t21-,23-,24+,29+/m0/s1. The van der Waals surface area contributed by atoms with Gasteiger partial charge >= 0.3 is 11.9 Å². The number of ether oxygens (including phenoxy) is 2. The van der Waals surface area contributed by atoms with E-state index in [0.29, 0.717) is 16.4 Å². The van der Waals surface area contributed by atoms with Crippen molar-refractivity contribution in [2.75, 3.05) is 39.5 Å². The molecule has 45 heavy (non-hydrogen) atoms. The molecule has 0 amide bonds. The van der Waals surface area contributed by atoms with Gasteiger partial charge in [0.25, 0.3) is 5.92 Å². The van der Waals surface area contributed by atoms with Crippen LogP contribution in [0.2, 0.25) is 0 Å². The number of fused-ring (bicyclic) bond motifs is 1. The third-order valence-electron chi connectivity index (χ3n) is 7.86. The first-order chi connectivity index (χ1) is 21.4. The lowest BCUT2D eigenvalue weighted by Gasteiger charge is -2.31. The molecule has 2 saturated heterocycles. The predicted molar refractivity (Wildman–Crippen MR) is 158 cm³/mol. The maximum Gasteiger partial charge on any atom is 0.339 e. The molecule has 0 unspecified atom stereocenters. The van der Waals surface area contributed by atoms with E-state index >= 15 is 8.78 Å². The Labute approximate surface area is 261 Å². The van der Waals surface area contributed by atoms with Crippen LogP contribution >= 0.6 is 11.3 Å². The van der Waals surface area contributed by atoms with Gasteiger partial charge in [0.2, 0.25) is 0 Å². The topological polar surface area (TPSA) is 126 Å². The zero-order chi connectivity index (χ0) is 32.5. The summed E-state index contributed by atoms with van der Waals surface area (Å²) in [6.07, 6.45) is 2.90. The van der Waals surface area contributed by atoms with Gasteiger partial charge in [0.1, 0.15) is 24.5 Å². The number of amidine groups is 1. The van der Waals surface area contributed by atoms with E-state index in [4.69, 9.17) is 19.3 Å². The fourth-order valence-corrected chi connectivity index (χ4v) is 6.34. The third-order valence-corrected chi connectivity index (χ3v) is 8.64. The van der Waals surface area contributed by atoms with Crippen LogP contribution in [0.1, 0.15) is 36.0 Å². The lowest BCUT2D eigenvalue weighted by Crippen LogP contribution is -2.53. The van der Waals surface area contributed by atoms with Crippen LogP contribution in [0.5, 0.6) is 0 Å². The number of β-amino-alcohol motifs (C(OH)–C–C–N with tert-alkyl or cyclic N) is 1. The lowest BCUT2D eigenvalue weighted by atomic mass is 9.92. The van der Waals surface area contributed by atoms with Crippen LogP contribution < -0.4 is 5.32 Å². The first kappa shape index (κ1) is 32.8. The Morgan fingerprint density at radius 2 is 2.13 bits per heavy atom. The molecule has 0 radical (unpaired) electrons. The summed E-state index contributed by atoms with van der Waals surface area (Å²) < 4.78 is 56.4. The van der Waals surface area contributed by atoms with Gasteiger partial charge < -0.3 is 19.9 Å². The summed E-state index contributed by atoms with van der Waals surface area (Å²) in [6, 6.07) is 1.06. The molecule has 4 atom stereocenters. The molecule has 242 valence electrons. The number of aromatic nitrogens is 1. The number of carbonyl (C=O) groups is 2. The molecule has 3 aliphatic rings. The normalized spacial score (nSPS) is 24.4. The zero-order valence-corrected chi connectivity index (χ0v) is 25.8. The summed E-state index contributed by atoms with van der Waals surface area (Å²) >= 11 is 1.28. The average Bonchev–Trinajstić information content (AvgIpc) is 3.72. The molecule has 1 aromatic heterocycles. The molecule has 2 aromatic rings. The minimum absolute atomic E-state index is 0.0396. The fourth-order valence-electron chi connectivity index (χ4n) is 5.76. The van der Waals surface area contributed by atoms with Gasteiger partial charge in [-0.1, -0.05) is 24.8 Å². The van der Waals surface area contributed by atoms with Crippen molar-refractivity contribution >= 4 is 29.1 Å². The fraction of sp³-hybridized carbons (Fsp3) is 0.467. The van der Waals surface area contributed by atoms with Crippen molar-refractivity contribution < 1.29 is 42.2 Å². The number of benzene rings is 1. The van der Waals surface area contributed by atoms with Gasteiger partial charge in [-0.3, -0.25) is 14.7 Å². The zero-order valence-electron chi connectivity index (χ0n) is 25.0. The molecule has 0 aliphatic carbocycles. The molecule has 2 N–H and O–H groups in total. The molecule has 2 fully saturated rings. The van der Waals surface area contributed by atoms with Crippen molar-refractivity contribution in [2.24, 2.45) is 4.99 Å². The number of carbonyl (C=O) groups excluding carboxylic acids is 2. The average molecular weight is 650 g/mol. The largest absolute Gasteiger partial charge is 0.463 e. The summed E-state index contributed by atoms with van der Waals surface area (Å²) in [6.45, 7) is 6.10. The first-order valence-corrected chi connectivity index (χ1v) is 15.2. The van der Waals surface area contributed by atoms with Crippen molar-refractivity contribution in [2.45, 2.75) is 50.4 Å². The smallest absolute Gasteiger partial charge is 0.339 e. The minimum Gasteiger partial charge on any atom is -0.463 e. The van der Waals surface area contributed by atoms with Crippen molar-refractivity contribution in [1.29, 1.82) is 0 Å². The van der Waals surface area contributed by atoms with Crippen LogP contribution in [0.3, 0.4) is 0 Å². The summed E-state index contributed by atoms with van der Waals surface area (Å²) in [4.78, 5) is 42.0. The molecule has 5 rings (SSSR count). The SMILES string of the molecule is C=CCOC(=O)[C@](C)(O)CN1OC[C@H]2[C@@H]1C(F)(F)CN2CC1=C(C(=O)OCC)[C@H](c2cccc(F)c2C)N=C(c2nccs2)N1. The number of likely N-dealkylation sites (tertiary alicyclic amines) is 1. The monoisotopic (exact) mass is 649 g/mol. The van der Waals surface area contributed by atoms with Gasteiger partial charge in [0.05, 0.1) is 37.9 Å². The Balaban J connectivity index is 1.50. The van der Waals surface area contributed by atoms with Crippen molar-refractivity contribution in [1.82, 2.24) is 20.3 Å². The van der Waals surface area contributed by atoms with Gasteiger partial charge in [-0.15, -0.1) is 11.3 Å². The minimum atomic E-state index is -3.33. The van der Waals surface area contributed by atoms with Gasteiger partial charge in [0.15, 0.2) is 16.4 Å². The number of aliphatic hydroxyl groups is 1. The van der Waals surface area contributed by atoms with Gasteiger partial charge in [0, 0.05) is 23.8 Å². The maximum atomic E-state index is 15.7. The highest BCUT2D eigenvalue weighted by Crippen LogP contribution is 2.42. The van der Waals surface area contributed by atoms with Crippen LogP contribution in [-0.2, 0) is 23.9 Å². The molecule has 11 nitrogen and oxygen atoms in total. The number of hydrogen-bond acceptors (Lipinski definition) is 12. The van der Waals surface area contributed by atoms with E-state index in [9.17, 15) is 19.1 Å². The summed E-state index contributed by atoms with van der Waals surface area (Å²) in [7, 11) is 0. The number of hydrogen-bond donors (Lipinski definition) is 2. The number of thiazole rings is 1. The number of alkyl halides is 2. The van der Waals surface area contributed by atoms with Crippen molar-refractivity contribution in [3.8, 4) is 0 Å². The van der Waals surface area contributed by atoms with E-state index in [1.54, 1.807) is 31.5 Å².